The number of benzene rings is 1. The highest BCUT2D eigenvalue weighted by molar-refractivity contribution is 6.30. The van der Waals surface area contributed by atoms with E-state index in [-0.39, 0.29) is 12.5 Å². The van der Waals surface area contributed by atoms with Gasteiger partial charge in [0.2, 0.25) is 17.6 Å². The molecular weight excluding hydrogens is 318 g/mol. The highest BCUT2D eigenvalue weighted by atomic mass is 35.5. The van der Waals surface area contributed by atoms with Crippen LogP contribution in [0.1, 0.15) is 25.7 Å². The Bertz CT molecular complexity index is 685. The van der Waals surface area contributed by atoms with Crippen LogP contribution in [0.2, 0.25) is 5.02 Å². The number of hydrogen-bond acceptors (Lipinski definition) is 5. The van der Waals surface area contributed by atoms with Gasteiger partial charge in [0.25, 0.3) is 0 Å². The van der Waals surface area contributed by atoms with Crippen molar-refractivity contribution in [1.82, 2.24) is 15.5 Å². The van der Waals surface area contributed by atoms with Gasteiger partial charge in [-0.3, -0.25) is 4.79 Å². The first kappa shape index (κ1) is 16.0. The largest absolute Gasteiger partial charge is 0.368 e. The number of nitrogens with zero attached hydrogens (tertiary/aromatic N) is 2. The van der Waals surface area contributed by atoms with Crippen LogP contribution in [0.5, 0.6) is 0 Å². The minimum Gasteiger partial charge on any atom is -0.368 e. The van der Waals surface area contributed by atoms with Gasteiger partial charge >= 0.3 is 0 Å². The van der Waals surface area contributed by atoms with Crippen molar-refractivity contribution in [2.24, 2.45) is 5.92 Å². The number of ether oxygens (including phenoxy) is 1. The van der Waals surface area contributed by atoms with Crippen molar-refractivity contribution >= 4 is 17.5 Å². The van der Waals surface area contributed by atoms with Gasteiger partial charge in [-0.25, -0.2) is 0 Å². The van der Waals surface area contributed by atoms with Crippen molar-refractivity contribution < 1.29 is 14.1 Å². The normalized spacial score (nSPS) is 15.4. The zero-order valence-electron chi connectivity index (χ0n) is 12.8. The second-order valence-corrected chi connectivity index (χ2v) is 6.10. The summed E-state index contributed by atoms with van der Waals surface area (Å²) in [5.74, 6) is 1.21. The number of carbonyl (C=O) groups is 1. The van der Waals surface area contributed by atoms with Gasteiger partial charge in [-0.05, 0) is 37.8 Å². The van der Waals surface area contributed by atoms with E-state index in [1.54, 1.807) is 19.1 Å². The summed E-state index contributed by atoms with van der Waals surface area (Å²) in [6.07, 6.45) is 1.91. The van der Waals surface area contributed by atoms with Crippen molar-refractivity contribution in [3.05, 3.63) is 35.2 Å². The lowest BCUT2D eigenvalue weighted by Crippen LogP contribution is -2.34. The van der Waals surface area contributed by atoms with E-state index < -0.39 is 6.10 Å². The predicted molar refractivity (Wildman–Crippen MR) is 84.7 cm³/mol. The van der Waals surface area contributed by atoms with Crippen molar-refractivity contribution in [1.29, 1.82) is 0 Å². The summed E-state index contributed by atoms with van der Waals surface area (Å²) in [5, 5.41) is 7.22. The van der Waals surface area contributed by atoms with Crippen LogP contribution in [-0.4, -0.2) is 28.8 Å². The fourth-order valence-corrected chi connectivity index (χ4v) is 2.21. The second kappa shape index (κ2) is 7.10. The molecule has 0 bridgehead atoms. The monoisotopic (exact) mass is 335 g/mol. The summed E-state index contributed by atoms with van der Waals surface area (Å²) >= 11 is 5.94. The van der Waals surface area contributed by atoms with Crippen LogP contribution in [0.15, 0.2) is 28.8 Å². The molecular formula is C16H18ClN3O3. The predicted octanol–water partition coefficient (Wildman–Crippen LogP) is 2.82. The van der Waals surface area contributed by atoms with Crippen molar-refractivity contribution in [2.45, 2.75) is 32.4 Å². The van der Waals surface area contributed by atoms with Crippen molar-refractivity contribution in [2.75, 3.05) is 6.61 Å². The summed E-state index contributed by atoms with van der Waals surface area (Å²) in [5.41, 5.74) is 0.764. The van der Waals surface area contributed by atoms with Crippen molar-refractivity contribution in [3.63, 3.8) is 0 Å². The summed E-state index contributed by atoms with van der Waals surface area (Å²) in [4.78, 5) is 16.2. The third-order valence-corrected chi connectivity index (χ3v) is 3.85. The third-order valence-electron chi connectivity index (χ3n) is 3.61. The maximum absolute atomic E-state index is 11.9. The molecule has 1 saturated carbocycles. The third kappa shape index (κ3) is 4.53. The minimum absolute atomic E-state index is 0.170. The zero-order chi connectivity index (χ0) is 16.2. The lowest BCUT2D eigenvalue weighted by atomic mass is 10.2. The number of carbonyl (C=O) groups excluding carboxylic acids is 1. The molecule has 1 aromatic carbocycles. The number of hydrogen-bond donors (Lipinski definition) is 1. The lowest BCUT2D eigenvalue weighted by molar-refractivity contribution is -0.132. The average molecular weight is 336 g/mol. The van der Waals surface area contributed by atoms with E-state index in [1.807, 2.05) is 12.1 Å². The van der Waals surface area contributed by atoms with Gasteiger partial charge in [-0.15, -0.1) is 0 Å². The Labute approximate surface area is 139 Å². The molecule has 3 rings (SSSR count). The topological polar surface area (TPSA) is 77.2 Å². The first-order valence-corrected chi connectivity index (χ1v) is 7.97. The van der Waals surface area contributed by atoms with Gasteiger partial charge in [0.1, 0.15) is 6.10 Å². The van der Waals surface area contributed by atoms with Crippen LogP contribution in [0.3, 0.4) is 0 Å². The quantitative estimate of drug-likeness (QED) is 0.841. The van der Waals surface area contributed by atoms with Crippen LogP contribution < -0.4 is 5.32 Å². The van der Waals surface area contributed by atoms with E-state index in [0.29, 0.717) is 29.3 Å². The van der Waals surface area contributed by atoms with Gasteiger partial charge in [0, 0.05) is 10.6 Å². The van der Waals surface area contributed by atoms with E-state index in [0.717, 1.165) is 5.56 Å². The number of nitrogens with one attached hydrogen (secondary N) is 1. The summed E-state index contributed by atoms with van der Waals surface area (Å²) in [6.45, 7) is 2.56. The van der Waals surface area contributed by atoms with E-state index >= 15 is 0 Å². The fraction of sp³-hybridized carbons (Fsp3) is 0.438. The molecule has 0 aliphatic heterocycles. The Balaban J connectivity index is 1.51. The number of aromatic nitrogens is 2. The number of halogens is 1. The number of rotatable bonds is 7. The summed E-state index contributed by atoms with van der Waals surface area (Å²) in [6, 6.07) is 7.18. The molecule has 6 nitrogen and oxygen atoms in total. The molecule has 1 atom stereocenters. The van der Waals surface area contributed by atoms with Crippen LogP contribution in [0.4, 0.5) is 0 Å². The molecule has 0 radical (unpaired) electrons. The molecule has 7 heteroatoms. The van der Waals surface area contributed by atoms with Gasteiger partial charge in [0.15, 0.2) is 0 Å². The molecule has 1 heterocycles. The van der Waals surface area contributed by atoms with Gasteiger partial charge in [-0.2, -0.15) is 4.98 Å². The molecule has 0 saturated heterocycles. The Hall–Kier alpha value is -1.92. The molecule has 23 heavy (non-hydrogen) atoms. The smallest absolute Gasteiger partial charge is 0.249 e. The zero-order valence-corrected chi connectivity index (χ0v) is 13.5. The molecule has 122 valence electrons. The standard InChI is InChI=1S/C16H18ClN3O3/c1-10(22-9-11-5-6-11)16(21)18-8-14-19-15(20-23-14)12-3-2-4-13(17)7-12/h2-4,7,10-11H,5-6,8-9H2,1H3,(H,18,21)/t10-/m0/s1. The van der Waals surface area contributed by atoms with Gasteiger partial charge < -0.3 is 14.6 Å². The molecule has 1 fully saturated rings. The van der Waals surface area contributed by atoms with Crippen LogP contribution in [-0.2, 0) is 16.1 Å². The molecule has 1 aliphatic carbocycles. The highest BCUT2D eigenvalue weighted by Crippen LogP contribution is 2.29. The van der Waals surface area contributed by atoms with E-state index in [2.05, 4.69) is 15.5 Å². The Morgan fingerprint density at radius 1 is 1.52 bits per heavy atom. The molecule has 1 N–H and O–H groups in total. The molecule has 1 amide bonds. The first-order chi connectivity index (χ1) is 11.1. The highest BCUT2D eigenvalue weighted by Gasteiger charge is 2.24. The summed E-state index contributed by atoms with van der Waals surface area (Å²) < 4.78 is 10.6. The maximum atomic E-state index is 11.9. The molecule has 1 aromatic heterocycles. The lowest BCUT2D eigenvalue weighted by Gasteiger charge is -2.11. The minimum atomic E-state index is -0.481. The van der Waals surface area contributed by atoms with Gasteiger partial charge in [-0.1, -0.05) is 28.9 Å². The van der Waals surface area contributed by atoms with E-state index in [9.17, 15) is 4.79 Å². The Morgan fingerprint density at radius 3 is 3.09 bits per heavy atom. The van der Waals surface area contributed by atoms with Gasteiger partial charge in [0.05, 0.1) is 13.2 Å². The fourth-order valence-electron chi connectivity index (χ4n) is 2.02. The second-order valence-electron chi connectivity index (χ2n) is 5.66. The molecule has 2 aromatic rings. The van der Waals surface area contributed by atoms with Crippen LogP contribution in [0, 0.1) is 5.92 Å². The van der Waals surface area contributed by atoms with Crippen LogP contribution >= 0.6 is 11.6 Å². The van der Waals surface area contributed by atoms with E-state index in [4.69, 9.17) is 20.9 Å². The number of amides is 1. The molecule has 0 unspecified atom stereocenters. The molecule has 1 aliphatic rings. The van der Waals surface area contributed by atoms with Crippen molar-refractivity contribution in [3.8, 4) is 11.4 Å². The SMILES string of the molecule is C[C@H](OCC1CC1)C(=O)NCc1nc(-c2cccc(Cl)c2)no1. The summed E-state index contributed by atoms with van der Waals surface area (Å²) in [7, 11) is 0. The van der Waals surface area contributed by atoms with E-state index in [1.165, 1.54) is 12.8 Å². The first-order valence-electron chi connectivity index (χ1n) is 7.59. The Morgan fingerprint density at radius 2 is 2.35 bits per heavy atom. The maximum Gasteiger partial charge on any atom is 0.249 e. The van der Waals surface area contributed by atoms with Crippen LogP contribution in [0.25, 0.3) is 11.4 Å². The Kier molecular flexibility index (Phi) is 4.93. The average Bonchev–Trinajstić information content (AvgIpc) is 3.26. The molecule has 0 spiro atoms.